The molecular weight excluding hydrogens is 292 g/mol. The molecule has 23 heavy (non-hydrogen) atoms. The van der Waals surface area contributed by atoms with Crippen LogP contribution in [0.4, 0.5) is 16.3 Å². The number of rotatable bonds is 7. The van der Waals surface area contributed by atoms with E-state index < -0.39 is 0 Å². The van der Waals surface area contributed by atoms with E-state index in [2.05, 4.69) is 48.5 Å². The van der Waals surface area contributed by atoms with Crippen LogP contribution in [0.15, 0.2) is 24.7 Å². The molecule has 2 amide bonds. The third-order valence-electron chi connectivity index (χ3n) is 3.49. The highest BCUT2D eigenvalue weighted by Gasteiger charge is 2.14. The Hall–Kier alpha value is -2.31. The van der Waals surface area contributed by atoms with E-state index in [0.29, 0.717) is 17.4 Å². The van der Waals surface area contributed by atoms with E-state index in [4.69, 9.17) is 0 Å². The van der Waals surface area contributed by atoms with Gasteiger partial charge in [0.25, 0.3) is 0 Å². The second-order valence-corrected chi connectivity index (χ2v) is 6.21. The van der Waals surface area contributed by atoms with Crippen LogP contribution in [0.2, 0.25) is 0 Å². The molecule has 0 spiro atoms. The minimum atomic E-state index is -0.292. The highest BCUT2D eigenvalue weighted by Crippen LogP contribution is 2.20. The van der Waals surface area contributed by atoms with Crippen LogP contribution in [-0.4, -0.2) is 25.6 Å². The summed E-state index contributed by atoms with van der Waals surface area (Å²) in [7, 11) is 0. The largest absolute Gasteiger partial charge is 0.324 e. The highest BCUT2D eigenvalue weighted by atomic mass is 16.2. The summed E-state index contributed by atoms with van der Waals surface area (Å²) in [6.45, 7) is 9.37. The number of hydrogen-bond donors (Lipinski definition) is 2. The molecule has 126 valence electrons. The summed E-state index contributed by atoms with van der Waals surface area (Å²) in [5.74, 6) is 1.26. The molecule has 0 aromatic carbocycles. The van der Waals surface area contributed by atoms with Gasteiger partial charge >= 0.3 is 6.03 Å². The quantitative estimate of drug-likeness (QED) is 0.816. The molecule has 7 heteroatoms. The smallest absolute Gasteiger partial charge is 0.305 e. The Kier molecular flexibility index (Phi) is 5.78. The summed E-state index contributed by atoms with van der Waals surface area (Å²) >= 11 is 0. The average Bonchev–Trinajstić information content (AvgIpc) is 3.08. The van der Waals surface area contributed by atoms with E-state index in [1.807, 2.05) is 15.6 Å². The summed E-state index contributed by atoms with van der Waals surface area (Å²) in [6.07, 6.45) is 7.17. The molecule has 0 bridgehead atoms. The second kappa shape index (κ2) is 7.80. The van der Waals surface area contributed by atoms with Crippen LogP contribution in [0, 0.1) is 5.92 Å². The van der Waals surface area contributed by atoms with Crippen LogP contribution in [-0.2, 0) is 6.54 Å². The number of aryl methyl sites for hydroxylation is 1. The number of amides is 2. The molecule has 1 atom stereocenters. The number of nitrogens with one attached hydrogen (secondary N) is 2. The van der Waals surface area contributed by atoms with Gasteiger partial charge in [-0.05, 0) is 25.7 Å². The molecule has 0 aliphatic rings. The maximum Gasteiger partial charge on any atom is 0.324 e. The minimum absolute atomic E-state index is 0.229. The molecular formula is C16H26N6O. The Bertz CT molecular complexity index is 630. The maximum atomic E-state index is 12.1. The van der Waals surface area contributed by atoms with Gasteiger partial charge < -0.3 is 5.32 Å². The van der Waals surface area contributed by atoms with Gasteiger partial charge in [0.1, 0.15) is 5.82 Å². The van der Waals surface area contributed by atoms with Gasteiger partial charge in [0.15, 0.2) is 0 Å². The number of carbonyl (C=O) groups excluding carboxylic acids is 1. The van der Waals surface area contributed by atoms with Crippen molar-refractivity contribution in [1.29, 1.82) is 0 Å². The zero-order valence-corrected chi connectivity index (χ0v) is 14.3. The molecule has 2 aromatic heterocycles. The van der Waals surface area contributed by atoms with Gasteiger partial charge in [-0.1, -0.05) is 20.8 Å². The SMILES string of the molecule is CCCn1cc(NC(=O)Nc2ccnn2[C@H](C)CC(C)C)cn1. The first kappa shape index (κ1) is 17.1. The molecule has 0 radical (unpaired) electrons. The predicted molar refractivity (Wildman–Crippen MR) is 91.6 cm³/mol. The van der Waals surface area contributed by atoms with Crippen molar-refractivity contribution in [2.75, 3.05) is 10.6 Å². The lowest BCUT2D eigenvalue weighted by Crippen LogP contribution is -2.22. The van der Waals surface area contributed by atoms with E-state index in [1.54, 1.807) is 18.5 Å². The van der Waals surface area contributed by atoms with E-state index in [0.717, 1.165) is 19.4 Å². The van der Waals surface area contributed by atoms with Gasteiger partial charge in [0.05, 0.1) is 24.1 Å². The van der Waals surface area contributed by atoms with Gasteiger partial charge in [0, 0.05) is 18.8 Å². The molecule has 0 aliphatic heterocycles. The summed E-state index contributed by atoms with van der Waals surface area (Å²) in [6, 6.07) is 1.74. The molecule has 2 N–H and O–H groups in total. The molecule has 0 saturated carbocycles. The van der Waals surface area contributed by atoms with Crippen molar-refractivity contribution in [3.63, 3.8) is 0 Å². The Morgan fingerprint density at radius 3 is 2.74 bits per heavy atom. The topological polar surface area (TPSA) is 76.8 Å². The van der Waals surface area contributed by atoms with Crippen molar-refractivity contribution in [1.82, 2.24) is 19.6 Å². The van der Waals surface area contributed by atoms with E-state index >= 15 is 0 Å². The Labute approximate surface area is 137 Å². The van der Waals surface area contributed by atoms with Gasteiger partial charge in [-0.2, -0.15) is 10.2 Å². The Morgan fingerprint density at radius 1 is 1.26 bits per heavy atom. The third kappa shape index (κ3) is 4.84. The summed E-state index contributed by atoms with van der Waals surface area (Å²) in [4.78, 5) is 12.1. The van der Waals surface area contributed by atoms with Crippen molar-refractivity contribution >= 4 is 17.5 Å². The van der Waals surface area contributed by atoms with Crippen molar-refractivity contribution in [2.45, 2.75) is 53.1 Å². The second-order valence-electron chi connectivity index (χ2n) is 6.21. The number of aromatic nitrogens is 4. The standard InChI is InChI=1S/C16H26N6O/c1-5-8-21-11-14(10-18-21)19-16(23)20-15-6-7-17-22(15)13(4)9-12(2)3/h6-7,10-13H,5,8-9H2,1-4H3,(H2,19,20,23)/t13-/m1/s1. The molecule has 0 unspecified atom stereocenters. The molecule has 0 aliphatic carbocycles. The van der Waals surface area contributed by atoms with Crippen LogP contribution in [0.1, 0.15) is 46.6 Å². The summed E-state index contributed by atoms with van der Waals surface area (Å²) < 4.78 is 3.66. The number of hydrogen-bond acceptors (Lipinski definition) is 3. The normalized spacial score (nSPS) is 12.4. The molecule has 0 saturated heterocycles. The average molecular weight is 318 g/mol. The van der Waals surface area contributed by atoms with Gasteiger partial charge in [-0.25, -0.2) is 9.48 Å². The first-order valence-corrected chi connectivity index (χ1v) is 8.13. The van der Waals surface area contributed by atoms with Crippen molar-refractivity contribution in [3.8, 4) is 0 Å². The number of nitrogens with zero attached hydrogens (tertiary/aromatic N) is 4. The first-order chi connectivity index (χ1) is 11.0. The summed E-state index contributed by atoms with van der Waals surface area (Å²) in [5, 5.41) is 14.1. The molecule has 2 heterocycles. The Morgan fingerprint density at radius 2 is 2.04 bits per heavy atom. The van der Waals surface area contributed by atoms with E-state index in [-0.39, 0.29) is 12.1 Å². The van der Waals surface area contributed by atoms with Crippen molar-refractivity contribution < 1.29 is 4.79 Å². The number of carbonyl (C=O) groups is 1. The number of urea groups is 1. The molecule has 0 fully saturated rings. The van der Waals surface area contributed by atoms with E-state index in [9.17, 15) is 4.79 Å². The molecule has 2 aromatic rings. The van der Waals surface area contributed by atoms with Crippen LogP contribution in [0.5, 0.6) is 0 Å². The molecule has 2 rings (SSSR count). The van der Waals surface area contributed by atoms with Crippen LogP contribution in [0.25, 0.3) is 0 Å². The van der Waals surface area contributed by atoms with Gasteiger partial charge in [-0.3, -0.25) is 10.00 Å². The fourth-order valence-corrected chi connectivity index (χ4v) is 2.60. The number of anilines is 2. The minimum Gasteiger partial charge on any atom is -0.305 e. The van der Waals surface area contributed by atoms with Gasteiger partial charge in [-0.15, -0.1) is 0 Å². The van der Waals surface area contributed by atoms with Crippen molar-refractivity contribution in [3.05, 3.63) is 24.7 Å². The third-order valence-corrected chi connectivity index (χ3v) is 3.49. The molecule has 7 nitrogen and oxygen atoms in total. The Balaban J connectivity index is 1.96. The lowest BCUT2D eigenvalue weighted by molar-refractivity contribution is 0.262. The van der Waals surface area contributed by atoms with E-state index in [1.165, 1.54) is 0 Å². The maximum absolute atomic E-state index is 12.1. The predicted octanol–water partition coefficient (Wildman–Crippen LogP) is 3.74. The van der Waals surface area contributed by atoms with Crippen LogP contribution >= 0.6 is 0 Å². The zero-order valence-electron chi connectivity index (χ0n) is 14.3. The highest BCUT2D eigenvalue weighted by molar-refractivity contribution is 5.99. The lowest BCUT2D eigenvalue weighted by atomic mass is 10.1. The first-order valence-electron chi connectivity index (χ1n) is 8.13. The fraction of sp³-hybridized carbons (Fsp3) is 0.562. The van der Waals surface area contributed by atoms with Crippen LogP contribution < -0.4 is 10.6 Å². The monoisotopic (exact) mass is 318 g/mol. The van der Waals surface area contributed by atoms with Gasteiger partial charge in [0.2, 0.25) is 0 Å². The lowest BCUT2D eigenvalue weighted by Gasteiger charge is -2.17. The van der Waals surface area contributed by atoms with Crippen LogP contribution in [0.3, 0.4) is 0 Å². The fourth-order valence-electron chi connectivity index (χ4n) is 2.60. The van der Waals surface area contributed by atoms with Crippen molar-refractivity contribution in [2.24, 2.45) is 5.92 Å². The summed E-state index contributed by atoms with van der Waals surface area (Å²) in [5.41, 5.74) is 0.678. The zero-order chi connectivity index (χ0) is 16.8.